The summed E-state index contributed by atoms with van der Waals surface area (Å²) >= 11 is 5.92. The normalized spacial score (nSPS) is 11.5. The summed E-state index contributed by atoms with van der Waals surface area (Å²) in [5.74, 6) is 0.680. The highest BCUT2D eigenvalue weighted by Gasteiger charge is 2.09. The van der Waals surface area contributed by atoms with Crippen molar-refractivity contribution in [3.63, 3.8) is 0 Å². The predicted molar refractivity (Wildman–Crippen MR) is 66.0 cm³/mol. The van der Waals surface area contributed by atoms with Gasteiger partial charge < -0.3 is 15.2 Å². The lowest BCUT2D eigenvalue weighted by Crippen LogP contribution is -2.37. The predicted octanol–water partition coefficient (Wildman–Crippen LogP) is 2.47. The van der Waals surface area contributed by atoms with Crippen LogP contribution in [0.1, 0.15) is 13.8 Å². The van der Waals surface area contributed by atoms with Gasteiger partial charge in [0.1, 0.15) is 12.4 Å². The van der Waals surface area contributed by atoms with E-state index in [-0.39, 0.29) is 5.54 Å². The molecule has 0 saturated carbocycles. The highest BCUT2D eigenvalue weighted by Crippen LogP contribution is 2.22. The van der Waals surface area contributed by atoms with E-state index < -0.39 is 0 Å². The van der Waals surface area contributed by atoms with Crippen molar-refractivity contribution >= 4 is 11.6 Å². The van der Waals surface area contributed by atoms with Gasteiger partial charge in [0, 0.05) is 5.54 Å². The van der Waals surface area contributed by atoms with E-state index in [9.17, 15) is 0 Å². The summed E-state index contributed by atoms with van der Waals surface area (Å²) in [5, 5.41) is 0.613. The van der Waals surface area contributed by atoms with Gasteiger partial charge >= 0.3 is 0 Å². The van der Waals surface area contributed by atoms with E-state index in [2.05, 4.69) is 0 Å². The first-order valence-corrected chi connectivity index (χ1v) is 5.61. The lowest BCUT2D eigenvalue weighted by Gasteiger charge is -2.18. The second-order valence-corrected chi connectivity index (χ2v) is 4.73. The zero-order valence-corrected chi connectivity index (χ0v) is 10.5. The SMILES string of the molecule is CC(C)(N)COCCOc1ccccc1Cl. The first-order valence-electron chi connectivity index (χ1n) is 5.23. The van der Waals surface area contributed by atoms with Gasteiger partial charge in [-0.2, -0.15) is 0 Å². The van der Waals surface area contributed by atoms with Crippen LogP contribution in [0.15, 0.2) is 24.3 Å². The molecule has 2 N–H and O–H groups in total. The molecular formula is C12H18ClNO2. The maximum atomic E-state index is 5.92. The lowest BCUT2D eigenvalue weighted by atomic mass is 10.1. The molecule has 16 heavy (non-hydrogen) atoms. The molecule has 0 fully saturated rings. The number of rotatable bonds is 6. The van der Waals surface area contributed by atoms with Crippen molar-refractivity contribution in [2.45, 2.75) is 19.4 Å². The minimum Gasteiger partial charge on any atom is -0.490 e. The Labute approximate surface area is 101 Å². The van der Waals surface area contributed by atoms with Gasteiger partial charge in [-0.05, 0) is 26.0 Å². The van der Waals surface area contributed by atoms with E-state index in [4.69, 9.17) is 26.8 Å². The summed E-state index contributed by atoms with van der Waals surface area (Å²) in [6.45, 7) is 5.33. The van der Waals surface area contributed by atoms with E-state index in [1.54, 1.807) is 6.07 Å². The van der Waals surface area contributed by atoms with E-state index in [0.717, 1.165) is 0 Å². The fraction of sp³-hybridized carbons (Fsp3) is 0.500. The maximum Gasteiger partial charge on any atom is 0.138 e. The molecule has 3 nitrogen and oxygen atoms in total. The monoisotopic (exact) mass is 243 g/mol. The molecule has 0 bridgehead atoms. The number of halogens is 1. The summed E-state index contributed by atoms with van der Waals surface area (Å²) in [4.78, 5) is 0. The van der Waals surface area contributed by atoms with Gasteiger partial charge in [0.25, 0.3) is 0 Å². The Kier molecular flexibility index (Phi) is 5.06. The Morgan fingerprint density at radius 3 is 2.56 bits per heavy atom. The molecule has 0 unspecified atom stereocenters. The zero-order valence-electron chi connectivity index (χ0n) is 9.70. The third-order valence-corrected chi connectivity index (χ3v) is 2.11. The topological polar surface area (TPSA) is 44.5 Å². The summed E-state index contributed by atoms with van der Waals surface area (Å²) in [6.07, 6.45) is 0. The van der Waals surface area contributed by atoms with Crippen LogP contribution >= 0.6 is 11.6 Å². The molecule has 4 heteroatoms. The Hall–Kier alpha value is -0.770. The number of benzene rings is 1. The highest BCUT2D eigenvalue weighted by molar-refractivity contribution is 6.32. The van der Waals surface area contributed by atoms with Gasteiger partial charge in [-0.3, -0.25) is 0 Å². The minimum atomic E-state index is -0.301. The number of ether oxygens (including phenoxy) is 2. The van der Waals surface area contributed by atoms with Crippen LogP contribution in [-0.4, -0.2) is 25.4 Å². The molecule has 0 aliphatic rings. The molecular weight excluding hydrogens is 226 g/mol. The van der Waals surface area contributed by atoms with Crippen LogP contribution in [0.2, 0.25) is 5.02 Å². The Morgan fingerprint density at radius 1 is 1.25 bits per heavy atom. The largest absolute Gasteiger partial charge is 0.490 e. The third-order valence-electron chi connectivity index (χ3n) is 1.80. The summed E-state index contributed by atoms with van der Waals surface area (Å²) in [7, 11) is 0. The standard InChI is InChI=1S/C12H18ClNO2/c1-12(2,14)9-15-7-8-16-11-6-4-3-5-10(11)13/h3-6H,7-9,14H2,1-2H3. The Morgan fingerprint density at radius 2 is 1.94 bits per heavy atom. The smallest absolute Gasteiger partial charge is 0.138 e. The van der Waals surface area contributed by atoms with Crippen molar-refractivity contribution in [1.29, 1.82) is 0 Å². The summed E-state index contributed by atoms with van der Waals surface area (Å²) < 4.78 is 10.8. The quantitative estimate of drug-likeness (QED) is 0.781. The van der Waals surface area contributed by atoms with Gasteiger partial charge in [0.15, 0.2) is 0 Å². The molecule has 0 spiro atoms. The van der Waals surface area contributed by atoms with Crippen molar-refractivity contribution in [2.75, 3.05) is 19.8 Å². The molecule has 90 valence electrons. The minimum absolute atomic E-state index is 0.301. The van der Waals surface area contributed by atoms with Gasteiger partial charge in [-0.1, -0.05) is 23.7 Å². The second-order valence-electron chi connectivity index (χ2n) is 4.32. The zero-order chi connectivity index (χ0) is 12.0. The van der Waals surface area contributed by atoms with Crippen LogP contribution in [0, 0.1) is 0 Å². The van der Waals surface area contributed by atoms with Crippen LogP contribution in [0.25, 0.3) is 0 Å². The number of hydrogen-bond donors (Lipinski definition) is 1. The lowest BCUT2D eigenvalue weighted by molar-refractivity contribution is 0.0724. The third kappa shape index (κ3) is 5.35. The number of hydrogen-bond acceptors (Lipinski definition) is 3. The van der Waals surface area contributed by atoms with E-state index in [1.165, 1.54) is 0 Å². The molecule has 0 amide bonds. The molecule has 1 aromatic carbocycles. The molecule has 1 rings (SSSR count). The Balaban J connectivity index is 2.19. The van der Waals surface area contributed by atoms with Crippen LogP contribution < -0.4 is 10.5 Å². The van der Waals surface area contributed by atoms with Crippen molar-refractivity contribution in [3.05, 3.63) is 29.3 Å². The van der Waals surface area contributed by atoms with Crippen LogP contribution in [0.5, 0.6) is 5.75 Å². The molecule has 0 atom stereocenters. The molecule has 0 aliphatic carbocycles. The van der Waals surface area contributed by atoms with Crippen molar-refractivity contribution < 1.29 is 9.47 Å². The average Bonchev–Trinajstić information content (AvgIpc) is 2.18. The molecule has 0 heterocycles. The number of para-hydroxylation sites is 1. The van der Waals surface area contributed by atoms with Crippen molar-refractivity contribution in [1.82, 2.24) is 0 Å². The second kappa shape index (κ2) is 6.09. The first-order chi connectivity index (χ1) is 7.49. The molecule has 0 radical (unpaired) electrons. The molecule has 0 aromatic heterocycles. The molecule has 0 aliphatic heterocycles. The average molecular weight is 244 g/mol. The molecule has 0 saturated heterocycles. The van der Waals surface area contributed by atoms with E-state index in [0.29, 0.717) is 30.6 Å². The maximum absolute atomic E-state index is 5.92. The van der Waals surface area contributed by atoms with Crippen molar-refractivity contribution in [3.8, 4) is 5.75 Å². The van der Waals surface area contributed by atoms with Crippen LogP contribution in [0.3, 0.4) is 0 Å². The number of nitrogens with two attached hydrogens (primary N) is 1. The molecule has 1 aromatic rings. The fourth-order valence-electron chi connectivity index (χ4n) is 1.11. The van der Waals surface area contributed by atoms with Gasteiger partial charge in [-0.25, -0.2) is 0 Å². The first kappa shape index (κ1) is 13.3. The van der Waals surface area contributed by atoms with Gasteiger partial charge in [0.2, 0.25) is 0 Å². The van der Waals surface area contributed by atoms with E-state index in [1.807, 2.05) is 32.0 Å². The summed E-state index contributed by atoms with van der Waals surface area (Å²) in [6, 6.07) is 7.36. The van der Waals surface area contributed by atoms with Crippen molar-refractivity contribution in [2.24, 2.45) is 5.73 Å². The van der Waals surface area contributed by atoms with E-state index >= 15 is 0 Å². The van der Waals surface area contributed by atoms with Gasteiger partial charge in [-0.15, -0.1) is 0 Å². The van der Waals surface area contributed by atoms with Crippen LogP contribution in [0.4, 0.5) is 0 Å². The fourth-order valence-corrected chi connectivity index (χ4v) is 1.30. The van der Waals surface area contributed by atoms with Crippen LogP contribution in [-0.2, 0) is 4.74 Å². The highest BCUT2D eigenvalue weighted by atomic mass is 35.5. The Bertz CT molecular complexity index is 323. The summed E-state index contributed by atoms with van der Waals surface area (Å²) in [5.41, 5.74) is 5.46. The van der Waals surface area contributed by atoms with Gasteiger partial charge in [0.05, 0.1) is 18.2 Å².